The molecule has 1 aromatic rings. The summed E-state index contributed by atoms with van der Waals surface area (Å²) in [4.78, 5) is 35.3. The number of anilines is 1. The number of methoxy groups -OCH3 is 1. The minimum atomic E-state index is -0.928. The normalized spacial score (nSPS) is 27.7. The summed E-state index contributed by atoms with van der Waals surface area (Å²) in [5, 5.41) is 12.1. The fourth-order valence-electron chi connectivity index (χ4n) is 3.55. The zero-order chi connectivity index (χ0) is 16.6. The van der Waals surface area contributed by atoms with Gasteiger partial charge in [0.05, 0.1) is 24.5 Å². The van der Waals surface area contributed by atoms with Crippen LogP contribution in [0.15, 0.2) is 36.4 Å². The van der Waals surface area contributed by atoms with E-state index in [1.54, 1.807) is 24.3 Å². The Kier molecular flexibility index (Phi) is 3.90. The number of carboxylic acids is 1. The minimum absolute atomic E-state index is 0.0181. The molecule has 23 heavy (non-hydrogen) atoms. The van der Waals surface area contributed by atoms with Crippen LogP contribution in [0.4, 0.5) is 5.69 Å². The molecule has 2 aliphatic carbocycles. The largest absolute Gasteiger partial charge is 0.481 e. The first kappa shape index (κ1) is 15.3. The molecule has 2 N–H and O–H groups in total. The van der Waals surface area contributed by atoms with Gasteiger partial charge < -0.3 is 15.2 Å². The highest BCUT2D eigenvalue weighted by Crippen LogP contribution is 2.48. The van der Waals surface area contributed by atoms with Crippen molar-refractivity contribution in [3.63, 3.8) is 0 Å². The predicted octanol–water partition coefficient (Wildman–Crippen LogP) is 1.93. The molecule has 0 saturated heterocycles. The Bertz CT molecular complexity index is 679. The Morgan fingerprint density at radius 1 is 1.09 bits per heavy atom. The summed E-state index contributed by atoms with van der Waals surface area (Å²) in [6, 6.07) is 6.31. The van der Waals surface area contributed by atoms with E-state index in [0.717, 1.165) is 6.42 Å². The zero-order valence-corrected chi connectivity index (χ0v) is 12.6. The van der Waals surface area contributed by atoms with Gasteiger partial charge in [-0.05, 0) is 42.5 Å². The molecule has 2 bridgehead atoms. The van der Waals surface area contributed by atoms with Crippen LogP contribution in [0.1, 0.15) is 16.8 Å². The summed E-state index contributed by atoms with van der Waals surface area (Å²) < 4.78 is 4.61. The summed E-state index contributed by atoms with van der Waals surface area (Å²) in [6.07, 6.45) is 4.56. The maximum Gasteiger partial charge on any atom is 0.337 e. The van der Waals surface area contributed by atoms with Crippen molar-refractivity contribution in [3.8, 4) is 0 Å². The lowest BCUT2D eigenvalue weighted by Gasteiger charge is -2.23. The highest BCUT2D eigenvalue weighted by atomic mass is 16.5. The number of benzene rings is 1. The molecule has 0 aliphatic heterocycles. The Morgan fingerprint density at radius 2 is 1.70 bits per heavy atom. The van der Waals surface area contributed by atoms with Crippen LogP contribution in [-0.2, 0) is 14.3 Å². The number of carbonyl (C=O) groups excluding carboxylic acids is 2. The number of carboxylic acid groups (broad SMARTS) is 1. The third kappa shape index (κ3) is 2.72. The van der Waals surface area contributed by atoms with Crippen LogP contribution < -0.4 is 5.32 Å². The van der Waals surface area contributed by atoms with Gasteiger partial charge in [-0.2, -0.15) is 0 Å². The number of amides is 1. The molecule has 0 radical (unpaired) electrons. The topological polar surface area (TPSA) is 92.7 Å². The molecule has 0 aromatic heterocycles. The molecule has 2 aliphatic rings. The van der Waals surface area contributed by atoms with E-state index in [4.69, 9.17) is 0 Å². The maximum atomic E-state index is 12.5. The summed E-state index contributed by atoms with van der Waals surface area (Å²) in [7, 11) is 1.30. The molecule has 120 valence electrons. The van der Waals surface area contributed by atoms with E-state index in [1.807, 2.05) is 12.2 Å². The van der Waals surface area contributed by atoms with Crippen molar-refractivity contribution >= 4 is 23.5 Å². The van der Waals surface area contributed by atoms with Crippen LogP contribution in [0.5, 0.6) is 0 Å². The molecule has 4 atom stereocenters. The number of ether oxygens (including phenoxy) is 1. The minimum Gasteiger partial charge on any atom is -0.481 e. The Hall–Kier alpha value is -2.63. The highest BCUT2D eigenvalue weighted by molar-refractivity contribution is 5.97. The molecule has 0 spiro atoms. The number of hydrogen-bond acceptors (Lipinski definition) is 4. The van der Waals surface area contributed by atoms with Crippen molar-refractivity contribution in [1.82, 2.24) is 0 Å². The van der Waals surface area contributed by atoms with Crippen molar-refractivity contribution in [2.75, 3.05) is 12.4 Å². The van der Waals surface area contributed by atoms with Gasteiger partial charge in [-0.15, -0.1) is 0 Å². The van der Waals surface area contributed by atoms with Crippen LogP contribution in [0, 0.1) is 23.7 Å². The van der Waals surface area contributed by atoms with E-state index in [2.05, 4.69) is 10.1 Å². The van der Waals surface area contributed by atoms with Gasteiger partial charge in [0.2, 0.25) is 5.91 Å². The van der Waals surface area contributed by atoms with Crippen LogP contribution in [0.3, 0.4) is 0 Å². The monoisotopic (exact) mass is 315 g/mol. The van der Waals surface area contributed by atoms with Gasteiger partial charge in [-0.25, -0.2) is 4.79 Å². The Balaban J connectivity index is 1.73. The van der Waals surface area contributed by atoms with Crippen molar-refractivity contribution < 1.29 is 24.2 Å². The molecular formula is C17H17NO5. The number of fused-ring (bicyclic) bond motifs is 2. The summed E-state index contributed by atoms with van der Waals surface area (Å²) in [5.41, 5.74) is 0.912. The van der Waals surface area contributed by atoms with Crippen LogP contribution in [0.2, 0.25) is 0 Å². The Morgan fingerprint density at radius 3 is 2.26 bits per heavy atom. The number of hydrogen-bond donors (Lipinski definition) is 2. The number of allylic oxidation sites excluding steroid dienone is 2. The SMILES string of the molecule is COC(=O)c1ccc(NC(=O)[C@@H]2[C@@H](C(=O)O)[C@H]3C=C[C@@H]2C3)cc1. The molecule has 1 amide bonds. The molecule has 0 unspecified atom stereocenters. The second kappa shape index (κ2) is 5.87. The third-order valence-corrected chi connectivity index (χ3v) is 4.62. The van der Waals surface area contributed by atoms with Crippen LogP contribution in [-0.4, -0.2) is 30.1 Å². The van der Waals surface area contributed by atoms with Crippen molar-refractivity contribution in [3.05, 3.63) is 42.0 Å². The van der Waals surface area contributed by atoms with Gasteiger partial charge in [-0.1, -0.05) is 12.2 Å². The fourth-order valence-corrected chi connectivity index (χ4v) is 3.55. The Labute approximate surface area is 133 Å². The average molecular weight is 315 g/mol. The van der Waals surface area contributed by atoms with Gasteiger partial charge in [-0.3, -0.25) is 9.59 Å². The predicted molar refractivity (Wildman–Crippen MR) is 81.8 cm³/mol. The molecule has 1 fully saturated rings. The van der Waals surface area contributed by atoms with Crippen molar-refractivity contribution in [2.45, 2.75) is 6.42 Å². The number of esters is 1. The maximum absolute atomic E-state index is 12.5. The first-order valence-corrected chi connectivity index (χ1v) is 7.41. The number of rotatable bonds is 4. The number of nitrogens with one attached hydrogen (secondary N) is 1. The second-order valence-electron chi connectivity index (χ2n) is 5.90. The van der Waals surface area contributed by atoms with E-state index in [1.165, 1.54) is 7.11 Å². The third-order valence-electron chi connectivity index (χ3n) is 4.62. The first-order chi connectivity index (χ1) is 11.0. The van der Waals surface area contributed by atoms with Crippen LogP contribution >= 0.6 is 0 Å². The molecule has 0 heterocycles. The lowest BCUT2D eigenvalue weighted by Crippen LogP contribution is -2.36. The van der Waals surface area contributed by atoms with E-state index in [0.29, 0.717) is 11.3 Å². The quantitative estimate of drug-likeness (QED) is 0.654. The van der Waals surface area contributed by atoms with Gasteiger partial charge in [0.1, 0.15) is 0 Å². The summed E-state index contributed by atoms with van der Waals surface area (Å²) in [6.45, 7) is 0. The van der Waals surface area contributed by atoms with Crippen molar-refractivity contribution in [1.29, 1.82) is 0 Å². The molecule has 6 heteroatoms. The van der Waals surface area contributed by atoms with Crippen molar-refractivity contribution in [2.24, 2.45) is 23.7 Å². The smallest absolute Gasteiger partial charge is 0.337 e. The molecular weight excluding hydrogens is 298 g/mol. The number of carbonyl (C=O) groups is 3. The lowest BCUT2D eigenvalue weighted by molar-refractivity contribution is -0.146. The first-order valence-electron chi connectivity index (χ1n) is 7.41. The number of aliphatic carboxylic acids is 1. The van der Waals surface area contributed by atoms with Crippen LogP contribution in [0.25, 0.3) is 0 Å². The van der Waals surface area contributed by atoms with Gasteiger partial charge in [0.25, 0.3) is 0 Å². The summed E-state index contributed by atoms with van der Waals surface area (Å²) in [5.74, 6) is -2.97. The van der Waals surface area contributed by atoms with E-state index < -0.39 is 23.8 Å². The van der Waals surface area contributed by atoms with Gasteiger partial charge in [0, 0.05) is 5.69 Å². The zero-order valence-electron chi connectivity index (χ0n) is 12.6. The van der Waals surface area contributed by atoms with Gasteiger partial charge in [0.15, 0.2) is 0 Å². The summed E-state index contributed by atoms with van der Waals surface area (Å²) >= 11 is 0. The molecule has 1 saturated carbocycles. The standard InChI is InChI=1S/C17H17NO5/c1-23-17(22)9-4-6-12(7-5-9)18-15(19)13-10-2-3-11(8-10)14(13)16(20)21/h2-7,10-11,13-14H,8H2,1H3,(H,18,19)(H,20,21)/t10-,11+,13+,14+/m1/s1. The lowest BCUT2D eigenvalue weighted by atomic mass is 9.82. The van der Waals surface area contributed by atoms with E-state index >= 15 is 0 Å². The average Bonchev–Trinajstić information content (AvgIpc) is 3.15. The molecule has 3 rings (SSSR count). The van der Waals surface area contributed by atoms with E-state index in [-0.39, 0.29) is 17.7 Å². The molecule has 6 nitrogen and oxygen atoms in total. The fraction of sp³-hybridized carbons (Fsp3) is 0.353. The highest BCUT2D eigenvalue weighted by Gasteiger charge is 2.51. The van der Waals surface area contributed by atoms with E-state index in [9.17, 15) is 19.5 Å². The second-order valence-corrected chi connectivity index (χ2v) is 5.90. The van der Waals surface area contributed by atoms with Gasteiger partial charge >= 0.3 is 11.9 Å². The molecule has 1 aromatic carbocycles.